The number of hydrogen-bond donors (Lipinski definition) is 0. The Balaban J connectivity index is 0.999. The summed E-state index contributed by atoms with van der Waals surface area (Å²) in [5.41, 5.74) is 16.8. The molecule has 0 radical (unpaired) electrons. The predicted molar refractivity (Wildman–Crippen MR) is 334 cm³/mol. The number of hydrogen-bond acceptors (Lipinski definition) is 3. The molecule has 0 spiro atoms. The fourth-order valence-corrected chi connectivity index (χ4v) is 13.0. The lowest BCUT2D eigenvalue weighted by Gasteiger charge is -2.31. The van der Waals surface area contributed by atoms with Crippen molar-refractivity contribution < 1.29 is 0 Å². The van der Waals surface area contributed by atoms with Crippen LogP contribution in [0.2, 0.25) is 0 Å². The highest BCUT2D eigenvalue weighted by Gasteiger charge is 2.23. The molecule has 0 aliphatic rings. The summed E-state index contributed by atoms with van der Waals surface area (Å²) in [7, 11) is 0. The number of rotatable bonds is 10. The predicted octanol–water partition coefficient (Wildman–Crippen LogP) is 21.4. The molecule has 15 aromatic rings. The summed E-state index contributed by atoms with van der Waals surface area (Å²) in [6, 6.07) is 109. The van der Waals surface area contributed by atoms with Crippen molar-refractivity contribution in [2.45, 2.75) is 0 Å². The minimum Gasteiger partial charge on any atom is -0.310 e. The van der Waals surface area contributed by atoms with E-state index in [4.69, 9.17) is 0 Å². The number of nitrogens with zero attached hydrogens (tertiary/aromatic N) is 3. The molecular weight excluding hydrogens is 963 g/mol. The molecule has 0 bridgehead atoms. The molecule has 366 valence electrons. The second kappa shape index (κ2) is 19.0. The lowest BCUT2D eigenvalue weighted by atomic mass is 9.99. The van der Waals surface area contributed by atoms with Gasteiger partial charge in [-0.2, -0.15) is 0 Å². The molecule has 13 aromatic carbocycles. The van der Waals surface area contributed by atoms with Crippen LogP contribution in [0.4, 0.5) is 34.1 Å². The zero-order valence-electron chi connectivity index (χ0n) is 42.5. The molecule has 2 aromatic heterocycles. The Bertz CT molecular complexity index is 4530. The second-order valence-electron chi connectivity index (χ2n) is 20.1. The van der Waals surface area contributed by atoms with Crippen LogP contribution >= 0.6 is 11.3 Å². The Labute approximate surface area is 457 Å². The van der Waals surface area contributed by atoms with Crippen LogP contribution < -0.4 is 9.80 Å². The van der Waals surface area contributed by atoms with Gasteiger partial charge in [-0.05, 0) is 152 Å². The van der Waals surface area contributed by atoms with E-state index in [0.29, 0.717) is 0 Å². The summed E-state index contributed by atoms with van der Waals surface area (Å²) in [5, 5.41) is 9.89. The van der Waals surface area contributed by atoms with Crippen molar-refractivity contribution in [3.05, 3.63) is 297 Å². The van der Waals surface area contributed by atoms with E-state index in [1.807, 2.05) is 11.3 Å². The van der Waals surface area contributed by atoms with Crippen molar-refractivity contribution in [2.75, 3.05) is 9.80 Å². The largest absolute Gasteiger partial charge is 0.310 e. The highest BCUT2D eigenvalue weighted by molar-refractivity contribution is 7.26. The molecule has 78 heavy (non-hydrogen) atoms. The zero-order valence-corrected chi connectivity index (χ0v) is 43.4. The minimum atomic E-state index is 1.03. The lowest BCUT2D eigenvalue weighted by molar-refractivity contribution is 1.18. The first-order valence-electron chi connectivity index (χ1n) is 26.6. The first kappa shape index (κ1) is 45.4. The maximum absolute atomic E-state index is 2.47. The molecule has 3 nitrogen and oxygen atoms in total. The van der Waals surface area contributed by atoms with Crippen LogP contribution in [-0.4, -0.2) is 4.57 Å². The van der Waals surface area contributed by atoms with E-state index in [0.717, 1.165) is 56.5 Å². The standard InChI is InChI=1S/C74H49N3S/c1-4-16-50(17-5-1)54-28-35-61(36-29-54)75(63-39-32-52-20-10-12-22-56(52)44-63)65-46-59(47-66(49-65)76(64-40-33-53-21-11-13-23-57(53)45-64)62-37-30-55(31-38-62)51-18-6-2-7-19-51)58-34-41-69-71(48-58)77(60-24-8-3-9-25-60)70-43-42-68-67-26-14-15-27-72(67)78-74(68)73(69)70/h1-49H. The van der Waals surface area contributed by atoms with E-state index in [1.165, 1.54) is 80.3 Å². The summed E-state index contributed by atoms with van der Waals surface area (Å²) in [6.45, 7) is 0. The molecule has 0 N–H and O–H groups in total. The number of fused-ring (bicyclic) bond motifs is 9. The summed E-state index contributed by atoms with van der Waals surface area (Å²) < 4.78 is 5.09. The number of thiophene rings is 1. The maximum Gasteiger partial charge on any atom is 0.0555 e. The molecule has 2 heterocycles. The topological polar surface area (TPSA) is 11.4 Å². The van der Waals surface area contributed by atoms with E-state index in [1.54, 1.807) is 0 Å². The van der Waals surface area contributed by atoms with Crippen LogP contribution in [0.3, 0.4) is 0 Å². The van der Waals surface area contributed by atoms with Crippen molar-refractivity contribution in [3.63, 3.8) is 0 Å². The van der Waals surface area contributed by atoms with Gasteiger partial charge >= 0.3 is 0 Å². The van der Waals surface area contributed by atoms with E-state index in [-0.39, 0.29) is 0 Å². The van der Waals surface area contributed by atoms with Crippen LogP contribution in [-0.2, 0) is 0 Å². The van der Waals surface area contributed by atoms with Gasteiger partial charge in [-0.3, -0.25) is 0 Å². The van der Waals surface area contributed by atoms with Crippen LogP contribution in [0.25, 0.3) is 103 Å². The van der Waals surface area contributed by atoms with Crippen molar-refractivity contribution in [2.24, 2.45) is 0 Å². The average Bonchev–Trinajstić information content (AvgIpc) is 4.29. The van der Waals surface area contributed by atoms with Gasteiger partial charge in [-0.15, -0.1) is 11.3 Å². The third-order valence-electron chi connectivity index (χ3n) is 15.5. The molecule has 0 amide bonds. The van der Waals surface area contributed by atoms with Crippen LogP contribution in [0, 0.1) is 0 Å². The first-order valence-corrected chi connectivity index (χ1v) is 27.5. The molecule has 15 rings (SSSR count). The van der Waals surface area contributed by atoms with Crippen LogP contribution in [0.15, 0.2) is 297 Å². The third kappa shape index (κ3) is 7.97. The van der Waals surface area contributed by atoms with Gasteiger partial charge in [-0.1, -0.05) is 200 Å². The van der Waals surface area contributed by atoms with Gasteiger partial charge in [-0.25, -0.2) is 0 Å². The summed E-state index contributed by atoms with van der Waals surface area (Å²) in [4.78, 5) is 4.87. The van der Waals surface area contributed by atoms with Gasteiger partial charge in [0.15, 0.2) is 0 Å². The summed E-state index contributed by atoms with van der Waals surface area (Å²) in [5.74, 6) is 0. The van der Waals surface area contributed by atoms with Gasteiger partial charge in [0.05, 0.1) is 11.0 Å². The van der Waals surface area contributed by atoms with Gasteiger partial charge < -0.3 is 14.4 Å². The molecule has 0 unspecified atom stereocenters. The Morgan fingerprint density at radius 1 is 0.256 bits per heavy atom. The molecule has 0 aliphatic carbocycles. The smallest absolute Gasteiger partial charge is 0.0555 e. The van der Waals surface area contributed by atoms with Crippen molar-refractivity contribution in [1.29, 1.82) is 0 Å². The normalized spacial score (nSPS) is 11.6. The molecule has 0 saturated carbocycles. The Kier molecular flexibility index (Phi) is 11.0. The van der Waals surface area contributed by atoms with E-state index in [9.17, 15) is 0 Å². The van der Waals surface area contributed by atoms with E-state index >= 15 is 0 Å². The summed E-state index contributed by atoms with van der Waals surface area (Å²) in [6.07, 6.45) is 0. The van der Waals surface area contributed by atoms with Gasteiger partial charge in [0.1, 0.15) is 0 Å². The number of benzene rings is 13. The fraction of sp³-hybridized carbons (Fsp3) is 0. The van der Waals surface area contributed by atoms with Gasteiger partial charge in [0.2, 0.25) is 0 Å². The Morgan fingerprint density at radius 2 is 0.718 bits per heavy atom. The van der Waals surface area contributed by atoms with Crippen LogP contribution in [0.5, 0.6) is 0 Å². The average molecular weight is 1010 g/mol. The second-order valence-corrected chi connectivity index (χ2v) is 21.2. The number of anilines is 6. The van der Waals surface area contributed by atoms with Crippen LogP contribution in [0.1, 0.15) is 0 Å². The SMILES string of the molecule is c1ccc(-c2ccc(N(c3cc(-c4ccc5c6c7sc8ccccc8c7ccc6n(-c6ccccc6)c5c4)cc(N(c4ccc(-c5ccccc5)cc4)c4ccc5ccccc5c4)c3)c3ccc4ccccc4c3)cc2)cc1. The Morgan fingerprint density at radius 3 is 1.29 bits per heavy atom. The van der Waals surface area contributed by atoms with Gasteiger partial charge in [0, 0.05) is 70.8 Å². The molecule has 0 saturated heterocycles. The highest BCUT2D eigenvalue weighted by Crippen LogP contribution is 2.48. The highest BCUT2D eigenvalue weighted by atomic mass is 32.1. The summed E-state index contributed by atoms with van der Waals surface area (Å²) >= 11 is 1.89. The first-order chi connectivity index (χ1) is 38.6. The molecule has 0 aliphatic heterocycles. The van der Waals surface area contributed by atoms with E-state index < -0.39 is 0 Å². The van der Waals surface area contributed by atoms with Gasteiger partial charge in [0.25, 0.3) is 0 Å². The van der Waals surface area contributed by atoms with Crippen molar-refractivity contribution >= 4 is 109 Å². The fourth-order valence-electron chi connectivity index (χ4n) is 11.7. The quantitative estimate of drug-likeness (QED) is 0.135. The molecule has 0 fully saturated rings. The maximum atomic E-state index is 2.47. The third-order valence-corrected chi connectivity index (χ3v) is 16.7. The number of aromatic nitrogens is 1. The minimum absolute atomic E-state index is 1.03. The molecular formula is C74H49N3S. The van der Waals surface area contributed by atoms with Crippen molar-refractivity contribution in [3.8, 4) is 39.1 Å². The Hall–Kier alpha value is -10.0. The zero-order chi connectivity index (χ0) is 51.5. The number of para-hydroxylation sites is 1. The van der Waals surface area contributed by atoms with E-state index in [2.05, 4.69) is 312 Å². The molecule has 0 atom stereocenters. The molecule has 4 heteroatoms. The monoisotopic (exact) mass is 1010 g/mol. The van der Waals surface area contributed by atoms with Crippen molar-refractivity contribution in [1.82, 2.24) is 4.57 Å². The lowest BCUT2D eigenvalue weighted by Crippen LogP contribution is -2.14.